The van der Waals surface area contributed by atoms with Gasteiger partial charge in [-0.3, -0.25) is 14.9 Å². The zero-order chi connectivity index (χ0) is 17.4. The number of furan rings is 1. The number of hydrogen-bond donors (Lipinski definition) is 2. The summed E-state index contributed by atoms with van der Waals surface area (Å²) in [6.45, 7) is 1.82. The summed E-state index contributed by atoms with van der Waals surface area (Å²) in [5.74, 6) is 0.290. The number of nitrogens with one attached hydrogen (secondary N) is 2. The molecule has 0 saturated carbocycles. The lowest BCUT2D eigenvalue weighted by atomic mass is 10.1. The maximum absolute atomic E-state index is 12.5. The van der Waals surface area contributed by atoms with E-state index in [-0.39, 0.29) is 11.7 Å². The third-order valence-electron chi connectivity index (χ3n) is 3.92. The van der Waals surface area contributed by atoms with Crippen molar-refractivity contribution in [2.75, 3.05) is 5.32 Å². The molecule has 0 bridgehead atoms. The average Bonchev–Trinajstić information content (AvgIpc) is 3.21. The lowest BCUT2D eigenvalue weighted by Crippen LogP contribution is -2.12. The SMILES string of the molecule is Cc1c(C(=O)Nc2cc(-c3ccncc3)[nH]n2)oc2ccc(Cl)cc12. The van der Waals surface area contributed by atoms with Crippen molar-refractivity contribution in [1.29, 1.82) is 0 Å². The lowest BCUT2D eigenvalue weighted by molar-refractivity contribution is 0.0997. The number of fused-ring (bicyclic) bond motifs is 1. The molecule has 0 aliphatic rings. The molecule has 0 aliphatic carbocycles. The highest BCUT2D eigenvalue weighted by Gasteiger charge is 2.19. The van der Waals surface area contributed by atoms with E-state index in [1.165, 1.54) is 0 Å². The highest BCUT2D eigenvalue weighted by molar-refractivity contribution is 6.31. The molecule has 4 rings (SSSR count). The molecule has 0 unspecified atom stereocenters. The third kappa shape index (κ3) is 2.88. The third-order valence-corrected chi connectivity index (χ3v) is 4.15. The first-order valence-corrected chi connectivity index (χ1v) is 7.95. The Morgan fingerprint density at radius 1 is 1.20 bits per heavy atom. The summed E-state index contributed by atoms with van der Waals surface area (Å²) in [5.41, 5.74) is 3.06. The molecule has 1 aromatic carbocycles. The van der Waals surface area contributed by atoms with E-state index in [0.29, 0.717) is 16.4 Å². The van der Waals surface area contributed by atoms with Crippen molar-refractivity contribution in [1.82, 2.24) is 15.2 Å². The monoisotopic (exact) mass is 352 g/mol. The Balaban J connectivity index is 1.61. The number of carbonyl (C=O) groups excluding carboxylic acids is 1. The van der Waals surface area contributed by atoms with E-state index in [1.54, 1.807) is 36.7 Å². The van der Waals surface area contributed by atoms with Crippen LogP contribution in [0.25, 0.3) is 22.2 Å². The van der Waals surface area contributed by atoms with E-state index < -0.39 is 0 Å². The summed E-state index contributed by atoms with van der Waals surface area (Å²) in [4.78, 5) is 16.5. The summed E-state index contributed by atoms with van der Waals surface area (Å²) in [5, 5.41) is 11.2. The van der Waals surface area contributed by atoms with Gasteiger partial charge in [-0.2, -0.15) is 5.10 Å². The number of pyridine rings is 1. The summed E-state index contributed by atoms with van der Waals surface area (Å²) in [6.07, 6.45) is 3.38. The van der Waals surface area contributed by atoms with Gasteiger partial charge < -0.3 is 9.73 Å². The molecule has 7 heteroatoms. The van der Waals surface area contributed by atoms with Gasteiger partial charge in [-0.1, -0.05) is 11.6 Å². The van der Waals surface area contributed by atoms with Crippen LogP contribution in [0.1, 0.15) is 16.1 Å². The number of anilines is 1. The quantitative estimate of drug-likeness (QED) is 0.571. The second-order valence-electron chi connectivity index (χ2n) is 5.55. The Labute approximate surface area is 147 Å². The molecule has 0 spiro atoms. The van der Waals surface area contributed by atoms with E-state index in [2.05, 4.69) is 20.5 Å². The number of rotatable bonds is 3. The van der Waals surface area contributed by atoms with Crippen molar-refractivity contribution < 1.29 is 9.21 Å². The molecule has 0 aliphatic heterocycles. The summed E-state index contributed by atoms with van der Waals surface area (Å²) in [7, 11) is 0. The van der Waals surface area contributed by atoms with Gasteiger partial charge in [0.2, 0.25) is 0 Å². The van der Waals surface area contributed by atoms with Gasteiger partial charge in [-0.25, -0.2) is 0 Å². The number of carbonyl (C=O) groups is 1. The number of amides is 1. The van der Waals surface area contributed by atoms with E-state index in [0.717, 1.165) is 22.2 Å². The molecule has 3 aromatic heterocycles. The zero-order valence-corrected chi connectivity index (χ0v) is 14.0. The van der Waals surface area contributed by atoms with Gasteiger partial charge in [-0.15, -0.1) is 0 Å². The molecule has 0 saturated heterocycles. The van der Waals surface area contributed by atoms with Gasteiger partial charge in [0.05, 0.1) is 5.69 Å². The van der Waals surface area contributed by atoms with Crippen LogP contribution in [0, 0.1) is 6.92 Å². The smallest absolute Gasteiger partial charge is 0.292 e. The second-order valence-corrected chi connectivity index (χ2v) is 5.99. The minimum absolute atomic E-state index is 0.241. The first-order valence-electron chi connectivity index (χ1n) is 7.57. The van der Waals surface area contributed by atoms with E-state index in [9.17, 15) is 4.79 Å². The fourth-order valence-electron chi connectivity index (χ4n) is 2.65. The lowest BCUT2D eigenvalue weighted by Gasteiger charge is -1.99. The van der Waals surface area contributed by atoms with Crippen molar-refractivity contribution >= 4 is 34.3 Å². The molecule has 6 nitrogen and oxygen atoms in total. The van der Waals surface area contributed by atoms with Crippen LogP contribution in [0.3, 0.4) is 0 Å². The van der Waals surface area contributed by atoms with Gasteiger partial charge >= 0.3 is 0 Å². The second kappa shape index (κ2) is 6.07. The summed E-state index contributed by atoms with van der Waals surface area (Å²) in [6, 6.07) is 10.7. The molecular formula is C18H13ClN4O2. The van der Waals surface area contributed by atoms with Crippen LogP contribution in [-0.4, -0.2) is 21.1 Å². The predicted octanol–water partition coefficient (Wildman–Crippen LogP) is 4.43. The van der Waals surface area contributed by atoms with Gasteiger partial charge in [-0.05, 0) is 37.3 Å². The normalized spacial score (nSPS) is 11.0. The first-order chi connectivity index (χ1) is 12.1. The van der Waals surface area contributed by atoms with Gasteiger partial charge in [0.1, 0.15) is 5.58 Å². The minimum atomic E-state index is -0.363. The Morgan fingerprint density at radius 2 is 2.00 bits per heavy atom. The van der Waals surface area contributed by atoms with Crippen LogP contribution in [0.4, 0.5) is 5.82 Å². The van der Waals surface area contributed by atoms with Crippen molar-refractivity contribution in [3.8, 4) is 11.3 Å². The Hall–Kier alpha value is -3.12. The number of benzene rings is 1. The number of aromatic nitrogens is 3. The molecule has 124 valence electrons. The van der Waals surface area contributed by atoms with Crippen molar-refractivity contribution in [3.63, 3.8) is 0 Å². The standard InChI is InChI=1S/C18H13ClN4O2/c1-10-13-8-12(19)2-3-15(13)25-17(10)18(24)21-16-9-14(22-23-16)11-4-6-20-7-5-11/h2-9H,1H3,(H2,21,22,23,24). The number of halogens is 1. The molecule has 2 N–H and O–H groups in total. The number of nitrogens with zero attached hydrogens (tertiary/aromatic N) is 2. The maximum atomic E-state index is 12.5. The minimum Gasteiger partial charge on any atom is -0.451 e. The molecule has 1 amide bonds. The molecule has 3 heterocycles. The fourth-order valence-corrected chi connectivity index (χ4v) is 2.82. The molecule has 0 atom stereocenters. The van der Waals surface area contributed by atoms with Crippen molar-refractivity contribution in [2.45, 2.75) is 6.92 Å². The van der Waals surface area contributed by atoms with E-state index in [1.807, 2.05) is 19.1 Å². The largest absolute Gasteiger partial charge is 0.451 e. The van der Waals surface area contributed by atoms with Crippen molar-refractivity contribution in [2.24, 2.45) is 0 Å². The van der Waals surface area contributed by atoms with Crippen LogP contribution in [-0.2, 0) is 0 Å². The molecule has 0 radical (unpaired) electrons. The maximum Gasteiger partial charge on any atom is 0.292 e. The average molecular weight is 353 g/mol. The fraction of sp³-hybridized carbons (Fsp3) is 0.0556. The Morgan fingerprint density at radius 3 is 2.80 bits per heavy atom. The van der Waals surface area contributed by atoms with Gasteiger partial charge in [0, 0.05) is 40.0 Å². The van der Waals surface area contributed by atoms with Gasteiger partial charge in [0.15, 0.2) is 11.6 Å². The van der Waals surface area contributed by atoms with Gasteiger partial charge in [0.25, 0.3) is 5.91 Å². The van der Waals surface area contributed by atoms with Crippen LogP contribution < -0.4 is 5.32 Å². The van der Waals surface area contributed by atoms with Crippen LogP contribution >= 0.6 is 11.6 Å². The topological polar surface area (TPSA) is 83.8 Å². The molecule has 4 aromatic rings. The summed E-state index contributed by atoms with van der Waals surface area (Å²) >= 11 is 6.01. The molecular weight excluding hydrogens is 340 g/mol. The molecule has 0 fully saturated rings. The van der Waals surface area contributed by atoms with Crippen LogP contribution in [0.2, 0.25) is 5.02 Å². The Bertz CT molecular complexity index is 1070. The van der Waals surface area contributed by atoms with Crippen molar-refractivity contribution in [3.05, 3.63) is 65.1 Å². The number of aryl methyl sites for hydroxylation is 1. The van der Waals surface area contributed by atoms with E-state index >= 15 is 0 Å². The van der Waals surface area contributed by atoms with Crippen LogP contribution in [0.5, 0.6) is 0 Å². The Kier molecular flexibility index (Phi) is 3.74. The zero-order valence-electron chi connectivity index (χ0n) is 13.2. The number of H-pyrrole nitrogens is 1. The first kappa shape index (κ1) is 15.4. The highest BCUT2D eigenvalue weighted by Crippen LogP contribution is 2.28. The molecule has 25 heavy (non-hydrogen) atoms. The number of aromatic amines is 1. The highest BCUT2D eigenvalue weighted by atomic mass is 35.5. The van der Waals surface area contributed by atoms with Crippen LogP contribution in [0.15, 0.2) is 53.2 Å². The van der Waals surface area contributed by atoms with E-state index in [4.69, 9.17) is 16.0 Å². The number of hydrogen-bond acceptors (Lipinski definition) is 4. The summed E-state index contributed by atoms with van der Waals surface area (Å²) < 4.78 is 5.66. The predicted molar refractivity (Wildman–Crippen MR) is 95.7 cm³/mol.